The first kappa shape index (κ1) is 21.5. The molecule has 1 heterocycles. The normalized spacial score (nSPS) is 11.5. The van der Waals surface area contributed by atoms with Crippen LogP contribution in [-0.2, 0) is 17.9 Å². The zero-order valence-corrected chi connectivity index (χ0v) is 17.2. The van der Waals surface area contributed by atoms with E-state index in [4.69, 9.17) is 4.52 Å². The third-order valence-electron chi connectivity index (χ3n) is 4.23. The summed E-state index contributed by atoms with van der Waals surface area (Å²) >= 11 is 0. The monoisotopic (exact) mass is 385 g/mol. The van der Waals surface area contributed by atoms with Crippen LogP contribution in [0, 0.1) is 0 Å². The lowest BCUT2D eigenvalue weighted by atomic mass is 10.1. The third kappa shape index (κ3) is 7.06. The van der Waals surface area contributed by atoms with Crippen molar-refractivity contribution in [2.75, 3.05) is 20.1 Å². The molecule has 0 unspecified atom stereocenters. The lowest BCUT2D eigenvalue weighted by Crippen LogP contribution is -2.39. The van der Waals surface area contributed by atoms with Crippen LogP contribution >= 0.6 is 0 Å². The number of carbonyl (C=O) groups excluding carboxylic acids is 1. The fraction of sp³-hybridized carbons (Fsp3) is 0.476. The molecule has 0 aliphatic carbocycles. The first-order chi connectivity index (χ1) is 13.5. The second-order valence-electron chi connectivity index (χ2n) is 6.98. The van der Waals surface area contributed by atoms with Crippen molar-refractivity contribution in [3.63, 3.8) is 0 Å². The van der Waals surface area contributed by atoms with Crippen molar-refractivity contribution in [1.29, 1.82) is 0 Å². The van der Waals surface area contributed by atoms with E-state index in [1.54, 1.807) is 4.90 Å². The molecule has 0 aliphatic heterocycles. The lowest BCUT2D eigenvalue weighted by Gasteiger charge is -2.18. The van der Waals surface area contributed by atoms with Crippen molar-refractivity contribution in [1.82, 2.24) is 20.7 Å². The van der Waals surface area contributed by atoms with Crippen LogP contribution in [0.2, 0.25) is 0 Å². The Morgan fingerprint density at radius 1 is 1.25 bits per heavy atom. The van der Waals surface area contributed by atoms with E-state index in [1.807, 2.05) is 50.4 Å². The van der Waals surface area contributed by atoms with Gasteiger partial charge in [-0.15, -0.1) is 0 Å². The Labute approximate surface area is 167 Å². The van der Waals surface area contributed by atoms with E-state index >= 15 is 0 Å². The minimum Gasteiger partial charge on any atom is -0.359 e. The van der Waals surface area contributed by atoms with Gasteiger partial charge in [0.05, 0.1) is 5.69 Å². The highest BCUT2D eigenvalue weighted by molar-refractivity contribution is 5.81. The van der Waals surface area contributed by atoms with Crippen LogP contribution in [0.5, 0.6) is 0 Å². The number of nitrogens with one attached hydrogen (secondary N) is 2. The molecule has 0 radical (unpaired) electrons. The first-order valence-electron chi connectivity index (χ1n) is 9.75. The number of hydrogen-bond acceptors (Lipinski definition) is 4. The Kier molecular flexibility index (Phi) is 8.52. The average molecular weight is 386 g/mol. The molecule has 0 aliphatic rings. The van der Waals surface area contributed by atoms with Crippen molar-refractivity contribution in [2.45, 2.75) is 46.2 Å². The summed E-state index contributed by atoms with van der Waals surface area (Å²) in [6.45, 7) is 8.40. The Hall–Kier alpha value is -2.83. The van der Waals surface area contributed by atoms with Gasteiger partial charge in [0.15, 0.2) is 11.7 Å². The number of nitrogens with zero attached hydrogens (tertiary/aromatic N) is 3. The third-order valence-corrected chi connectivity index (χ3v) is 4.23. The van der Waals surface area contributed by atoms with Gasteiger partial charge < -0.3 is 20.1 Å². The largest absolute Gasteiger partial charge is 0.359 e. The predicted molar refractivity (Wildman–Crippen MR) is 111 cm³/mol. The summed E-state index contributed by atoms with van der Waals surface area (Å²) in [5.74, 6) is 1.79. The second kappa shape index (κ2) is 11.1. The maximum Gasteiger partial charge on any atom is 0.224 e. The second-order valence-corrected chi connectivity index (χ2v) is 6.98. The first-order valence-corrected chi connectivity index (χ1v) is 9.75. The van der Waals surface area contributed by atoms with Gasteiger partial charge in [-0.25, -0.2) is 4.99 Å². The Morgan fingerprint density at radius 2 is 2.00 bits per heavy atom. The van der Waals surface area contributed by atoms with Crippen LogP contribution in [0.4, 0.5) is 0 Å². The number of guanidine groups is 1. The van der Waals surface area contributed by atoms with Crippen molar-refractivity contribution in [2.24, 2.45) is 4.99 Å². The van der Waals surface area contributed by atoms with E-state index in [-0.39, 0.29) is 5.91 Å². The van der Waals surface area contributed by atoms with Gasteiger partial charge in [-0.3, -0.25) is 4.79 Å². The topological polar surface area (TPSA) is 82.8 Å². The van der Waals surface area contributed by atoms with Gasteiger partial charge in [0.2, 0.25) is 5.91 Å². The molecule has 7 nitrogen and oxygen atoms in total. The van der Waals surface area contributed by atoms with Crippen LogP contribution < -0.4 is 10.6 Å². The van der Waals surface area contributed by atoms with Crippen molar-refractivity contribution < 1.29 is 9.32 Å². The minimum atomic E-state index is 0.0870. The standard InChI is InChI=1S/C21H31N5O2/c1-5-22-21(24-14-18-13-19(16(2)3)25-28-18)23-12-11-20(27)26(4)15-17-9-7-6-8-10-17/h6-10,13,16H,5,11-12,14-15H2,1-4H3,(H2,22,23,24). The maximum atomic E-state index is 12.3. The van der Waals surface area contributed by atoms with Crippen LogP contribution in [0.3, 0.4) is 0 Å². The molecule has 1 amide bonds. The number of rotatable bonds is 9. The number of amides is 1. The quantitative estimate of drug-likeness (QED) is 0.512. The van der Waals surface area contributed by atoms with Crippen LogP contribution in [-0.4, -0.2) is 42.1 Å². The molecule has 1 aromatic heterocycles. The molecular formula is C21H31N5O2. The van der Waals surface area contributed by atoms with E-state index < -0.39 is 0 Å². The summed E-state index contributed by atoms with van der Waals surface area (Å²) in [4.78, 5) is 18.6. The molecule has 2 aromatic rings. The lowest BCUT2D eigenvalue weighted by molar-refractivity contribution is -0.130. The molecule has 0 fully saturated rings. The van der Waals surface area contributed by atoms with Crippen LogP contribution in [0.25, 0.3) is 0 Å². The Balaban J connectivity index is 1.80. The fourth-order valence-electron chi connectivity index (χ4n) is 2.60. The number of carbonyl (C=O) groups is 1. The maximum absolute atomic E-state index is 12.3. The van der Waals surface area contributed by atoms with Crippen molar-refractivity contribution in [3.8, 4) is 0 Å². The molecule has 0 saturated heterocycles. The molecule has 0 saturated carbocycles. The number of hydrogen-bond donors (Lipinski definition) is 2. The van der Waals surface area contributed by atoms with Gasteiger partial charge in [0, 0.05) is 39.2 Å². The summed E-state index contributed by atoms with van der Waals surface area (Å²) in [5.41, 5.74) is 2.05. The van der Waals surface area contributed by atoms with Gasteiger partial charge >= 0.3 is 0 Å². The van der Waals surface area contributed by atoms with Gasteiger partial charge in [-0.2, -0.15) is 0 Å². The van der Waals surface area contributed by atoms with Crippen molar-refractivity contribution in [3.05, 3.63) is 53.4 Å². The van der Waals surface area contributed by atoms with E-state index in [1.165, 1.54) is 0 Å². The summed E-state index contributed by atoms with van der Waals surface area (Å²) in [7, 11) is 1.82. The van der Waals surface area contributed by atoms with E-state index in [0.29, 0.717) is 37.9 Å². The molecule has 0 atom stereocenters. The molecule has 7 heteroatoms. The summed E-state index contributed by atoms with van der Waals surface area (Å²) in [5, 5.41) is 10.4. The van der Waals surface area contributed by atoms with Gasteiger partial charge in [0.25, 0.3) is 0 Å². The smallest absolute Gasteiger partial charge is 0.224 e. The molecule has 152 valence electrons. The molecule has 2 rings (SSSR count). The summed E-state index contributed by atoms with van der Waals surface area (Å²) < 4.78 is 5.31. The van der Waals surface area contributed by atoms with Crippen LogP contribution in [0.15, 0.2) is 45.9 Å². The van der Waals surface area contributed by atoms with Gasteiger partial charge in [-0.1, -0.05) is 49.3 Å². The highest BCUT2D eigenvalue weighted by atomic mass is 16.5. The zero-order chi connectivity index (χ0) is 20.4. The van der Waals surface area contributed by atoms with Crippen molar-refractivity contribution >= 4 is 11.9 Å². The van der Waals surface area contributed by atoms with E-state index in [9.17, 15) is 4.79 Å². The molecular weight excluding hydrogens is 354 g/mol. The SMILES string of the molecule is CCNC(=NCc1cc(C(C)C)no1)NCCC(=O)N(C)Cc1ccccc1. The summed E-state index contributed by atoms with van der Waals surface area (Å²) in [6, 6.07) is 11.9. The highest BCUT2D eigenvalue weighted by Gasteiger charge is 2.10. The number of aromatic nitrogens is 1. The molecule has 0 bridgehead atoms. The number of aliphatic imine (C=N–C) groups is 1. The van der Waals surface area contributed by atoms with Gasteiger partial charge in [0.1, 0.15) is 6.54 Å². The highest BCUT2D eigenvalue weighted by Crippen LogP contribution is 2.14. The van der Waals surface area contributed by atoms with Gasteiger partial charge in [-0.05, 0) is 18.4 Å². The summed E-state index contributed by atoms with van der Waals surface area (Å²) in [6.07, 6.45) is 0.396. The molecule has 1 aromatic carbocycles. The Morgan fingerprint density at radius 3 is 2.64 bits per heavy atom. The molecule has 0 spiro atoms. The number of benzene rings is 1. The van der Waals surface area contributed by atoms with Crippen LogP contribution in [0.1, 0.15) is 50.1 Å². The predicted octanol–water partition coefficient (Wildman–Crippen LogP) is 2.90. The molecule has 28 heavy (non-hydrogen) atoms. The minimum absolute atomic E-state index is 0.0870. The Bertz CT molecular complexity index is 755. The van der Waals surface area contributed by atoms with E-state index in [0.717, 1.165) is 23.6 Å². The fourth-order valence-corrected chi connectivity index (χ4v) is 2.60. The van der Waals surface area contributed by atoms with E-state index in [2.05, 4.69) is 34.6 Å². The molecule has 2 N–H and O–H groups in total. The average Bonchev–Trinajstić information content (AvgIpc) is 3.16. The zero-order valence-electron chi connectivity index (χ0n) is 17.2.